The molecule has 146 valence electrons. The number of aryl methyl sites for hydroxylation is 1. The maximum atomic E-state index is 13.0. The van der Waals surface area contributed by atoms with Crippen molar-refractivity contribution < 1.29 is 14.5 Å². The van der Waals surface area contributed by atoms with E-state index in [2.05, 4.69) is 5.32 Å². The molecule has 1 aliphatic rings. The third-order valence-electron chi connectivity index (χ3n) is 5.05. The van der Waals surface area contributed by atoms with Gasteiger partial charge in [-0.3, -0.25) is 14.9 Å². The highest BCUT2D eigenvalue weighted by Gasteiger charge is 2.29. The number of hydrogen-bond acceptors (Lipinski definition) is 5. The summed E-state index contributed by atoms with van der Waals surface area (Å²) in [7, 11) is 0. The molecule has 1 heterocycles. The smallest absolute Gasteiger partial charge is 0.269 e. The average molecular weight is 388 g/mol. The van der Waals surface area contributed by atoms with E-state index in [1.807, 2.05) is 49.4 Å². The fourth-order valence-corrected chi connectivity index (χ4v) is 3.51. The highest BCUT2D eigenvalue weighted by atomic mass is 16.6. The Morgan fingerprint density at radius 2 is 1.86 bits per heavy atom. The topological polar surface area (TPSA) is 81.5 Å². The molecule has 1 unspecified atom stereocenters. The molecule has 0 fully saturated rings. The summed E-state index contributed by atoms with van der Waals surface area (Å²) in [5.74, 6) is 0.485. The number of para-hydroxylation sites is 1. The fraction of sp³-hybridized carbons (Fsp3) is 0.174. The summed E-state index contributed by atoms with van der Waals surface area (Å²) in [4.78, 5) is 23.4. The number of ketones is 1. The van der Waals surface area contributed by atoms with Crippen LogP contribution in [0.4, 0.5) is 17.1 Å². The number of ether oxygens (including phenoxy) is 1. The molecule has 0 spiro atoms. The lowest BCUT2D eigenvalue weighted by molar-refractivity contribution is -0.384. The van der Waals surface area contributed by atoms with Crippen LogP contribution < -0.4 is 10.1 Å². The molecular formula is C23H20N2O4. The van der Waals surface area contributed by atoms with Crippen LogP contribution in [0, 0.1) is 23.0 Å². The van der Waals surface area contributed by atoms with E-state index in [-0.39, 0.29) is 17.4 Å². The van der Waals surface area contributed by atoms with Crippen molar-refractivity contribution in [1.29, 1.82) is 0 Å². The SMILES string of the molecule is Cc1ccc2c(c1)C(=O)C(Cc1ccccc1Nc1ccc([N+](=O)[O-])cc1)CO2. The Kier molecular flexibility index (Phi) is 4.99. The van der Waals surface area contributed by atoms with E-state index in [0.29, 0.717) is 24.3 Å². The van der Waals surface area contributed by atoms with Crippen molar-refractivity contribution in [3.63, 3.8) is 0 Å². The van der Waals surface area contributed by atoms with E-state index >= 15 is 0 Å². The average Bonchev–Trinajstić information content (AvgIpc) is 2.72. The zero-order chi connectivity index (χ0) is 20.4. The Labute approximate surface area is 168 Å². The first-order chi connectivity index (χ1) is 14.0. The van der Waals surface area contributed by atoms with Gasteiger partial charge in [0.15, 0.2) is 5.78 Å². The number of fused-ring (bicyclic) bond motifs is 1. The number of non-ortho nitro benzene ring substituents is 1. The number of hydrogen-bond donors (Lipinski definition) is 1. The van der Waals surface area contributed by atoms with Crippen molar-refractivity contribution in [3.05, 3.63) is 93.5 Å². The summed E-state index contributed by atoms with van der Waals surface area (Å²) < 4.78 is 5.82. The lowest BCUT2D eigenvalue weighted by Gasteiger charge is -2.25. The zero-order valence-electron chi connectivity index (χ0n) is 15.9. The molecule has 1 atom stereocenters. The Hall–Kier alpha value is -3.67. The van der Waals surface area contributed by atoms with Crippen LogP contribution in [0.3, 0.4) is 0 Å². The molecule has 29 heavy (non-hydrogen) atoms. The summed E-state index contributed by atoms with van der Waals surface area (Å²) >= 11 is 0. The number of carbonyl (C=O) groups excluding carboxylic acids is 1. The fourth-order valence-electron chi connectivity index (χ4n) is 3.51. The van der Waals surface area contributed by atoms with Crippen LogP contribution in [0.25, 0.3) is 0 Å². The van der Waals surface area contributed by atoms with Crippen molar-refractivity contribution in [2.45, 2.75) is 13.3 Å². The van der Waals surface area contributed by atoms with Gasteiger partial charge in [0.1, 0.15) is 5.75 Å². The largest absolute Gasteiger partial charge is 0.492 e. The molecule has 1 aliphatic heterocycles. The number of Topliss-reactive ketones (excluding diaryl/α,β-unsaturated/α-hetero) is 1. The van der Waals surface area contributed by atoms with Gasteiger partial charge in [-0.15, -0.1) is 0 Å². The minimum absolute atomic E-state index is 0.0442. The number of carbonyl (C=O) groups is 1. The van der Waals surface area contributed by atoms with Crippen LogP contribution in [0.2, 0.25) is 0 Å². The number of rotatable bonds is 5. The van der Waals surface area contributed by atoms with Crippen molar-refractivity contribution >= 4 is 22.8 Å². The molecule has 0 saturated heterocycles. The van der Waals surface area contributed by atoms with Crippen molar-refractivity contribution in [2.75, 3.05) is 11.9 Å². The van der Waals surface area contributed by atoms with E-state index in [1.54, 1.807) is 12.1 Å². The van der Waals surface area contributed by atoms with Gasteiger partial charge in [-0.2, -0.15) is 0 Å². The standard InChI is InChI=1S/C23H20N2O4/c1-15-6-11-22-20(12-15)23(26)17(14-29-22)13-16-4-2-3-5-21(16)24-18-7-9-19(10-8-18)25(27)28/h2-12,17,24H,13-14H2,1H3. The predicted molar refractivity (Wildman–Crippen MR) is 111 cm³/mol. The Morgan fingerprint density at radius 3 is 2.62 bits per heavy atom. The molecule has 4 rings (SSSR count). The van der Waals surface area contributed by atoms with E-state index in [9.17, 15) is 14.9 Å². The van der Waals surface area contributed by atoms with Gasteiger partial charge in [0.2, 0.25) is 0 Å². The predicted octanol–water partition coefficient (Wildman–Crippen LogP) is 5.08. The van der Waals surface area contributed by atoms with Gasteiger partial charge < -0.3 is 10.1 Å². The first-order valence-electron chi connectivity index (χ1n) is 9.38. The summed E-state index contributed by atoms with van der Waals surface area (Å²) in [6, 6.07) is 19.7. The number of nitrogens with one attached hydrogen (secondary N) is 1. The molecule has 0 aromatic heterocycles. The van der Waals surface area contributed by atoms with Gasteiger partial charge in [-0.25, -0.2) is 0 Å². The second-order valence-corrected chi connectivity index (χ2v) is 7.16. The van der Waals surface area contributed by atoms with Gasteiger partial charge in [0, 0.05) is 23.5 Å². The lowest BCUT2D eigenvalue weighted by Crippen LogP contribution is -2.29. The molecule has 3 aromatic rings. The highest BCUT2D eigenvalue weighted by molar-refractivity contribution is 6.01. The second-order valence-electron chi connectivity index (χ2n) is 7.16. The Bertz CT molecular complexity index is 1080. The van der Waals surface area contributed by atoms with E-state index in [0.717, 1.165) is 22.5 Å². The van der Waals surface area contributed by atoms with E-state index in [4.69, 9.17) is 4.74 Å². The number of nitrogens with zero attached hydrogens (tertiary/aromatic N) is 1. The summed E-state index contributed by atoms with van der Waals surface area (Å²) in [5.41, 5.74) is 4.31. The van der Waals surface area contributed by atoms with Crippen LogP contribution in [-0.4, -0.2) is 17.3 Å². The maximum Gasteiger partial charge on any atom is 0.269 e. The molecule has 3 aromatic carbocycles. The molecule has 0 radical (unpaired) electrons. The molecular weight excluding hydrogens is 368 g/mol. The van der Waals surface area contributed by atoms with Gasteiger partial charge in [-0.05, 0) is 49.2 Å². The van der Waals surface area contributed by atoms with Crippen molar-refractivity contribution in [3.8, 4) is 5.75 Å². The number of nitro groups is 1. The van der Waals surface area contributed by atoms with Crippen LogP contribution in [-0.2, 0) is 6.42 Å². The molecule has 0 bridgehead atoms. The summed E-state index contributed by atoms with van der Waals surface area (Å²) in [6.07, 6.45) is 0.544. The molecule has 1 N–H and O–H groups in total. The van der Waals surface area contributed by atoms with E-state index in [1.165, 1.54) is 12.1 Å². The number of benzene rings is 3. The quantitative estimate of drug-likeness (QED) is 0.487. The van der Waals surface area contributed by atoms with Crippen LogP contribution in [0.5, 0.6) is 5.75 Å². The van der Waals surface area contributed by atoms with Gasteiger partial charge >= 0.3 is 0 Å². The molecule has 6 nitrogen and oxygen atoms in total. The zero-order valence-corrected chi connectivity index (χ0v) is 15.9. The van der Waals surface area contributed by atoms with Crippen molar-refractivity contribution in [2.24, 2.45) is 5.92 Å². The molecule has 6 heteroatoms. The monoisotopic (exact) mass is 388 g/mol. The lowest BCUT2D eigenvalue weighted by atomic mass is 9.88. The van der Waals surface area contributed by atoms with Crippen molar-refractivity contribution in [1.82, 2.24) is 0 Å². The Balaban J connectivity index is 1.54. The van der Waals surface area contributed by atoms with Crippen LogP contribution in [0.15, 0.2) is 66.7 Å². The summed E-state index contributed by atoms with van der Waals surface area (Å²) in [6.45, 7) is 2.31. The Morgan fingerprint density at radius 1 is 1.10 bits per heavy atom. The van der Waals surface area contributed by atoms with E-state index < -0.39 is 4.92 Å². The van der Waals surface area contributed by atoms with Gasteiger partial charge in [-0.1, -0.05) is 29.8 Å². The molecule has 0 saturated carbocycles. The van der Waals surface area contributed by atoms with Crippen LogP contribution in [0.1, 0.15) is 21.5 Å². The normalized spacial score (nSPS) is 15.3. The van der Waals surface area contributed by atoms with Gasteiger partial charge in [0.05, 0.1) is 23.0 Å². The minimum atomic E-state index is -0.425. The number of nitro benzene ring substituents is 1. The minimum Gasteiger partial charge on any atom is -0.492 e. The maximum absolute atomic E-state index is 13.0. The third kappa shape index (κ3) is 3.96. The van der Waals surface area contributed by atoms with Gasteiger partial charge in [0.25, 0.3) is 5.69 Å². The molecule has 0 aliphatic carbocycles. The second kappa shape index (κ2) is 7.75. The highest BCUT2D eigenvalue weighted by Crippen LogP contribution is 2.32. The molecule has 0 amide bonds. The third-order valence-corrected chi connectivity index (χ3v) is 5.05. The summed E-state index contributed by atoms with van der Waals surface area (Å²) in [5, 5.41) is 14.1. The first kappa shape index (κ1) is 18.7. The number of anilines is 2. The first-order valence-corrected chi connectivity index (χ1v) is 9.38. The van der Waals surface area contributed by atoms with Crippen LogP contribution >= 0.6 is 0 Å².